The van der Waals surface area contributed by atoms with Crippen LogP contribution < -0.4 is 0 Å². The molecule has 0 aliphatic heterocycles. The van der Waals surface area contributed by atoms with E-state index in [4.69, 9.17) is 11.6 Å². The van der Waals surface area contributed by atoms with Gasteiger partial charge in [0.05, 0.1) is 22.2 Å². The first-order valence-corrected chi connectivity index (χ1v) is 8.27. The van der Waals surface area contributed by atoms with Crippen molar-refractivity contribution in [3.8, 4) is 0 Å². The first-order valence-electron chi connectivity index (χ1n) is 5.93. The number of halogens is 1. The molecule has 0 spiro atoms. The lowest BCUT2D eigenvalue weighted by atomic mass is 9.97. The molecule has 0 radical (unpaired) electrons. The summed E-state index contributed by atoms with van der Waals surface area (Å²) in [6, 6.07) is 0. The second-order valence-corrected chi connectivity index (χ2v) is 7.43. The van der Waals surface area contributed by atoms with Gasteiger partial charge in [-0.15, -0.1) is 0 Å². The number of nitrogens with zero attached hydrogens (tertiary/aromatic N) is 2. The average Bonchev–Trinajstić information content (AvgIpc) is 2.81. The van der Waals surface area contributed by atoms with E-state index in [1.807, 2.05) is 6.92 Å². The van der Waals surface area contributed by atoms with Gasteiger partial charge in [0.25, 0.3) is 0 Å². The number of hydrogen-bond acceptors (Lipinski definition) is 4. The summed E-state index contributed by atoms with van der Waals surface area (Å²) in [5, 5.41) is 14.4. The van der Waals surface area contributed by atoms with Crippen molar-refractivity contribution < 1.29 is 13.5 Å². The zero-order valence-electron chi connectivity index (χ0n) is 10.4. The van der Waals surface area contributed by atoms with Crippen LogP contribution in [0.5, 0.6) is 0 Å². The Bertz CT molecular complexity index is 555. The smallest absolute Gasteiger partial charge is 0.153 e. The van der Waals surface area contributed by atoms with Gasteiger partial charge in [0, 0.05) is 12.8 Å². The van der Waals surface area contributed by atoms with Gasteiger partial charge in [-0.2, -0.15) is 5.10 Å². The molecule has 1 aromatic rings. The van der Waals surface area contributed by atoms with Crippen molar-refractivity contribution in [2.75, 3.05) is 6.26 Å². The first-order chi connectivity index (χ1) is 8.30. The van der Waals surface area contributed by atoms with Crippen LogP contribution in [0.25, 0.3) is 0 Å². The highest BCUT2D eigenvalue weighted by Crippen LogP contribution is 2.44. The van der Waals surface area contributed by atoms with Crippen molar-refractivity contribution in [3.63, 3.8) is 0 Å². The minimum absolute atomic E-state index is 0.329. The van der Waals surface area contributed by atoms with E-state index in [0.29, 0.717) is 36.5 Å². The number of aliphatic hydroxyl groups is 1. The van der Waals surface area contributed by atoms with Crippen molar-refractivity contribution in [2.45, 2.75) is 43.6 Å². The third-order valence-corrected chi connectivity index (χ3v) is 5.51. The molecule has 1 aliphatic carbocycles. The molecule has 1 aromatic heterocycles. The fraction of sp³-hybridized carbons (Fsp3) is 0.727. The zero-order valence-corrected chi connectivity index (χ0v) is 12.0. The van der Waals surface area contributed by atoms with Crippen molar-refractivity contribution in [2.24, 2.45) is 0 Å². The van der Waals surface area contributed by atoms with Crippen LogP contribution in [0.2, 0.25) is 5.02 Å². The summed E-state index contributed by atoms with van der Waals surface area (Å²) in [5.74, 6) is 0. The summed E-state index contributed by atoms with van der Waals surface area (Å²) >= 11 is 6.07. The average molecular weight is 293 g/mol. The van der Waals surface area contributed by atoms with E-state index in [-0.39, 0.29) is 0 Å². The monoisotopic (exact) mass is 292 g/mol. The molecule has 1 heterocycles. The van der Waals surface area contributed by atoms with Crippen molar-refractivity contribution in [1.82, 2.24) is 9.78 Å². The molecule has 5 nitrogen and oxygen atoms in total. The maximum atomic E-state index is 11.8. The van der Waals surface area contributed by atoms with E-state index >= 15 is 0 Å². The molecule has 1 saturated carbocycles. The Morgan fingerprint density at radius 2 is 2.33 bits per heavy atom. The van der Waals surface area contributed by atoms with Gasteiger partial charge < -0.3 is 5.11 Å². The molecule has 18 heavy (non-hydrogen) atoms. The van der Waals surface area contributed by atoms with Crippen molar-refractivity contribution in [1.29, 1.82) is 0 Å². The molecule has 1 aliphatic rings. The highest BCUT2D eigenvalue weighted by atomic mass is 35.5. The molecule has 0 saturated heterocycles. The Hall–Kier alpha value is -0.590. The summed E-state index contributed by atoms with van der Waals surface area (Å²) in [5.41, 5.74) is -0.989. The summed E-state index contributed by atoms with van der Waals surface area (Å²) < 4.78 is 25.2. The van der Waals surface area contributed by atoms with E-state index in [9.17, 15) is 13.5 Å². The fourth-order valence-electron chi connectivity index (χ4n) is 2.83. The van der Waals surface area contributed by atoms with Crippen LogP contribution in [0.15, 0.2) is 6.20 Å². The first kappa shape index (κ1) is 13.8. The fourth-order valence-corrected chi connectivity index (χ4v) is 4.67. The van der Waals surface area contributed by atoms with E-state index in [0.717, 1.165) is 6.26 Å². The minimum Gasteiger partial charge on any atom is -0.382 e. The molecule has 2 atom stereocenters. The molecule has 1 N–H and O–H groups in total. The van der Waals surface area contributed by atoms with Gasteiger partial charge in [0.1, 0.15) is 5.60 Å². The molecule has 102 valence electrons. The van der Waals surface area contributed by atoms with Gasteiger partial charge >= 0.3 is 0 Å². The standard InChI is InChI=1S/C11H17ClN2O3S/c1-3-14-10(8(12)7-13-14)11(15)6-4-5-9(11)18(2,16)17/h7,9,15H,3-6H2,1-2H3. The lowest BCUT2D eigenvalue weighted by Crippen LogP contribution is -2.41. The van der Waals surface area contributed by atoms with Gasteiger partial charge in [-0.25, -0.2) is 8.42 Å². The van der Waals surface area contributed by atoms with Crippen LogP contribution in [0, 0.1) is 0 Å². The Kier molecular flexibility index (Phi) is 3.46. The van der Waals surface area contributed by atoms with E-state index in [1.54, 1.807) is 4.68 Å². The van der Waals surface area contributed by atoms with Gasteiger partial charge in [0.2, 0.25) is 0 Å². The number of aryl methyl sites for hydroxylation is 1. The van der Waals surface area contributed by atoms with Gasteiger partial charge in [-0.05, 0) is 26.2 Å². The maximum Gasteiger partial charge on any atom is 0.153 e. The molecule has 0 aromatic carbocycles. The van der Waals surface area contributed by atoms with E-state index in [1.165, 1.54) is 6.20 Å². The Morgan fingerprint density at radius 1 is 1.67 bits per heavy atom. The quantitative estimate of drug-likeness (QED) is 0.912. The lowest BCUT2D eigenvalue weighted by molar-refractivity contribution is 0.0384. The predicted octanol–water partition coefficient (Wildman–Crippen LogP) is 1.34. The van der Waals surface area contributed by atoms with Gasteiger partial charge in [-0.3, -0.25) is 4.68 Å². The second-order valence-electron chi connectivity index (χ2n) is 4.79. The van der Waals surface area contributed by atoms with Crippen LogP contribution in [-0.4, -0.2) is 34.8 Å². The van der Waals surface area contributed by atoms with Gasteiger partial charge in [0.15, 0.2) is 9.84 Å². The Morgan fingerprint density at radius 3 is 2.89 bits per heavy atom. The number of hydrogen-bond donors (Lipinski definition) is 1. The highest BCUT2D eigenvalue weighted by Gasteiger charge is 2.50. The summed E-state index contributed by atoms with van der Waals surface area (Å²) in [7, 11) is -3.33. The zero-order chi connectivity index (χ0) is 13.6. The molecular formula is C11H17ClN2O3S. The summed E-state index contributed by atoms with van der Waals surface area (Å²) in [4.78, 5) is 0. The lowest BCUT2D eigenvalue weighted by Gasteiger charge is -2.29. The van der Waals surface area contributed by atoms with E-state index < -0.39 is 20.7 Å². The predicted molar refractivity (Wildman–Crippen MR) is 69.3 cm³/mol. The number of aromatic nitrogens is 2. The SMILES string of the molecule is CCn1ncc(Cl)c1C1(O)CCCC1S(C)(=O)=O. The topological polar surface area (TPSA) is 72.2 Å². The van der Waals surface area contributed by atoms with Crippen LogP contribution in [0.4, 0.5) is 0 Å². The van der Waals surface area contributed by atoms with Crippen LogP contribution >= 0.6 is 11.6 Å². The van der Waals surface area contributed by atoms with Gasteiger partial charge in [-0.1, -0.05) is 11.6 Å². The third kappa shape index (κ3) is 2.06. The number of sulfone groups is 1. The Labute approximate surface area is 112 Å². The normalized spacial score (nSPS) is 28.8. The maximum absolute atomic E-state index is 11.8. The number of rotatable bonds is 3. The second kappa shape index (κ2) is 4.51. The highest BCUT2D eigenvalue weighted by molar-refractivity contribution is 7.91. The molecule has 0 bridgehead atoms. The third-order valence-electron chi connectivity index (χ3n) is 3.58. The molecule has 1 fully saturated rings. The molecule has 7 heteroatoms. The molecule has 2 rings (SSSR count). The molecular weight excluding hydrogens is 276 g/mol. The van der Waals surface area contributed by atoms with Crippen LogP contribution in [-0.2, 0) is 22.0 Å². The van der Waals surface area contributed by atoms with Crippen molar-refractivity contribution in [3.05, 3.63) is 16.9 Å². The summed E-state index contributed by atoms with van der Waals surface area (Å²) in [6.07, 6.45) is 4.14. The van der Waals surface area contributed by atoms with Crippen LogP contribution in [0.1, 0.15) is 31.9 Å². The van der Waals surface area contributed by atoms with Crippen molar-refractivity contribution >= 4 is 21.4 Å². The minimum atomic E-state index is -3.33. The summed E-state index contributed by atoms with van der Waals surface area (Å²) in [6.45, 7) is 2.42. The molecule has 0 amide bonds. The largest absolute Gasteiger partial charge is 0.382 e. The molecule has 2 unspecified atom stereocenters. The van der Waals surface area contributed by atoms with E-state index in [2.05, 4.69) is 5.10 Å². The Balaban J connectivity index is 2.57. The van der Waals surface area contributed by atoms with Crippen LogP contribution in [0.3, 0.4) is 0 Å².